The Hall–Kier alpha value is -4.12. The zero-order valence-corrected chi connectivity index (χ0v) is 16.7. The number of carboxylic acids is 1. The van der Waals surface area contributed by atoms with Gasteiger partial charge in [0, 0.05) is 12.0 Å². The molecule has 5 rings (SSSR count). The van der Waals surface area contributed by atoms with Crippen LogP contribution in [0.15, 0.2) is 85.1 Å². The molecule has 0 spiro atoms. The number of carbonyl (C=O) groups is 1. The molecule has 0 fully saturated rings. The van der Waals surface area contributed by atoms with Crippen LogP contribution in [0.1, 0.15) is 32.9 Å². The summed E-state index contributed by atoms with van der Waals surface area (Å²) in [5.74, 6) is 0.556. The molecule has 0 amide bonds. The highest BCUT2D eigenvalue weighted by Crippen LogP contribution is 2.37. The number of H-pyrrole nitrogens is 1. The molecule has 2 heterocycles. The molecule has 0 atom stereocenters. The minimum absolute atomic E-state index is 0.233. The molecular weight excluding hydrogens is 388 g/mol. The summed E-state index contributed by atoms with van der Waals surface area (Å²) in [5, 5.41) is 9.48. The smallest absolute Gasteiger partial charge is 0.335 e. The minimum Gasteiger partial charge on any atom is -0.488 e. The van der Waals surface area contributed by atoms with Crippen LogP contribution < -0.4 is 4.74 Å². The first kappa shape index (κ1) is 18.9. The largest absolute Gasteiger partial charge is 0.488 e. The average Bonchev–Trinajstić information content (AvgIpc) is 3.22. The number of ether oxygens (including phenoxy) is 1. The van der Waals surface area contributed by atoms with Crippen molar-refractivity contribution in [2.24, 2.45) is 0 Å². The molecule has 4 aromatic rings. The number of benzene rings is 3. The minimum atomic E-state index is -0.960. The molecule has 152 valence electrons. The van der Waals surface area contributed by atoms with Crippen molar-refractivity contribution in [3.63, 3.8) is 0 Å². The van der Waals surface area contributed by atoms with Crippen molar-refractivity contribution in [2.45, 2.75) is 13.0 Å². The quantitative estimate of drug-likeness (QED) is 0.478. The predicted octanol–water partition coefficient (Wildman–Crippen LogP) is 5.34. The highest BCUT2D eigenvalue weighted by Gasteiger charge is 2.20. The fourth-order valence-corrected chi connectivity index (χ4v) is 3.86. The standard InChI is InChI=1S/C26H20N2O3/c29-26(30)18-10-12-24-22(14-18)21(20-9-5-4-8-19(20)16-31-24)11-13-25-27-15-23(28-25)17-6-2-1-3-7-17/h1-12,14-15H,13,16H2,(H,27,28)(H,29,30)/b21-11+. The molecule has 0 saturated heterocycles. The molecule has 0 radical (unpaired) electrons. The van der Waals surface area contributed by atoms with E-state index in [9.17, 15) is 9.90 Å². The first-order chi connectivity index (χ1) is 15.2. The van der Waals surface area contributed by atoms with Gasteiger partial charge in [-0.3, -0.25) is 0 Å². The maximum atomic E-state index is 11.6. The number of rotatable bonds is 4. The zero-order chi connectivity index (χ0) is 21.2. The SMILES string of the molecule is O=C(O)c1ccc2c(c1)/C(=C/Cc1ncc(-c3ccccc3)[nH]1)c1ccccc1CO2. The molecule has 1 aromatic heterocycles. The Morgan fingerprint density at radius 1 is 1.03 bits per heavy atom. The molecule has 0 bridgehead atoms. The van der Waals surface area contributed by atoms with Gasteiger partial charge in [-0.15, -0.1) is 0 Å². The summed E-state index contributed by atoms with van der Waals surface area (Å²) >= 11 is 0. The lowest BCUT2D eigenvalue weighted by atomic mass is 9.92. The van der Waals surface area contributed by atoms with Crippen molar-refractivity contribution in [1.82, 2.24) is 9.97 Å². The van der Waals surface area contributed by atoms with E-state index in [1.165, 1.54) is 0 Å². The van der Waals surface area contributed by atoms with E-state index in [1.54, 1.807) is 18.2 Å². The fourth-order valence-electron chi connectivity index (χ4n) is 3.86. The number of allylic oxidation sites excluding steroid dienone is 1. The molecule has 5 nitrogen and oxygen atoms in total. The van der Waals surface area contributed by atoms with E-state index in [0.717, 1.165) is 39.3 Å². The first-order valence-corrected chi connectivity index (χ1v) is 10.1. The summed E-state index contributed by atoms with van der Waals surface area (Å²) in [6, 6.07) is 23.1. The Bertz CT molecular complexity index is 1290. The van der Waals surface area contributed by atoms with E-state index in [1.807, 2.05) is 60.8 Å². The third kappa shape index (κ3) is 3.73. The van der Waals surface area contributed by atoms with Crippen molar-refractivity contribution in [2.75, 3.05) is 0 Å². The molecule has 1 aliphatic heterocycles. The number of hydrogen-bond acceptors (Lipinski definition) is 3. The Morgan fingerprint density at radius 3 is 2.68 bits per heavy atom. The van der Waals surface area contributed by atoms with Gasteiger partial charge in [-0.1, -0.05) is 60.7 Å². The molecule has 0 saturated carbocycles. The summed E-state index contributed by atoms with van der Waals surface area (Å²) in [6.07, 6.45) is 4.50. The number of nitrogens with zero attached hydrogens (tertiary/aromatic N) is 1. The number of carboxylic acid groups (broad SMARTS) is 1. The van der Waals surface area contributed by atoms with Gasteiger partial charge in [-0.25, -0.2) is 9.78 Å². The van der Waals surface area contributed by atoms with Gasteiger partial charge in [0.2, 0.25) is 0 Å². The summed E-state index contributed by atoms with van der Waals surface area (Å²) in [7, 11) is 0. The van der Waals surface area contributed by atoms with Crippen LogP contribution in [-0.4, -0.2) is 21.0 Å². The van der Waals surface area contributed by atoms with Crippen LogP contribution in [-0.2, 0) is 13.0 Å². The van der Waals surface area contributed by atoms with E-state index in [2.05, 4.69) is 16.0 Å². The van der Waals surface area contributed by atoms with E-state index < -0.39 is 5.97 Å². The van der Waals surface area contributed by atoms with Gasteiger partial charge < -0.3 is 14.8 Å². The summed E-state index contributed by atoms with van der Waals surface area (Å²) < 4.78 is 6.00. The van der Waals surface area contributed by atoms with Gasteiger partial charge in [0.05, 0.1) is 17.5 Å². The van der Waals surface area contributed by atoms with Gasteiger partial charge in [0.1, 0.15) is 18.2 Å². The molecule has 0 unspecified atom stereocenters. The number of imidazole rings is 1. The Morgan fingerprint density at radius 2 is 1.84 bits per heavy atom. The van der Waals surface area contributed by atoms with Crippen molar-refractivity contribution < 1.29 is 14.6 Å². The highest BCUT2D eigenvalue weighted by molar-refractivity contribution is 5.92. The second-order valence-electron chi connectivity index (χ2n) is 7.39. The molecule has 31 heavy (non-hydrogen) atoms. The Labute approximate surface area is 179 Å². The van der Waals surface area contributed by atoms with Crippen LogP contribution in [0.5, 0.6) is 5.75 Å². The van der Waals surface area contributed by atoms with Gasteiger partial charge in [0.25, 0.3) is 0 Å². The van der Waals surface area contributed by atoms with Crippen molar-refractivity contribution in [1.29, 1.82) is 0 Å². The molecule has 5 heteroatoms. The van der Waals surface area contributed by atoms with Crippen LogP contribution in [0.4, 0.5) is 0 Å². The van der Waals surface area contributed by atoms with E-state index in [-0.39, 0.29) is 5.56 Å². The Balaban J connectivity index is 1.56. The van der Waals surface area contributed by atoms with Crippen LogP contribution in [0.3, 0.4) is 0 Å². The number of aromatic carboxylic acids is 1. The molecule has 3 aromatic carbocycles. The summed E-state index contributed by atoms with van der Waals surface area (Å²) in [4.78, 5) is 19.5. The average molecular weight is 408 g/mol. The third-order valence-electron chi connectivity index (χ3n) is 5.42. The predicted molar refractivity (Wildman–Crippen MR) is 119 cm³/mol. The number of aromatic nitrogens is 2. The van der Waals surface area contributed by atoms with Gasteiger partial charge in [0.15, 0.2) is 0 Å². The lowest BCUT2D eigenvalue weighted by Gasteiger charge is -2.11. The lowest BCUT2D eigenvalue weighted by Crippen LogP contribution is -1.99. The van der Waals surface area contributed by atoms with Crippen LogP contribution in [0, 0.1) is 0 Å². The van der Waals surface area contributed by atoms with Gasteiger partial charge in [-0.05, 0) is 40.5 Å². The van der Waals surface area contributed by atoms with Crippen LogP contribution >= 0.6 is 0 Å². The highest BCUT2D eigenvalue weighted by atomic mass is 16.5. The maximum absolute atomic E-state index is 11.6. The van der Waals surface area contributed by atoms with Crippen LogP contribution in [0.2, 0.25) is 0 Å². The summed E-state index contributed by atoms with van der Waals surface area (Å²) in [5.41, 5.74) is 6.11. The van der Waals surface area contributed by atoms with E-state index in [4.69, 9.17) is 4.74 Å². The first-order valence-electron chi connectivity index (χ1n) is 10.1. The van der Waals surface area contributed by atoms with E-state index >= 15 is 0 Å². The topological polar surface area (TPSA) is 75.2 Å². The normalized spacial score (nSPS) is 13.7. The monoisotopic (exact) mass is 408 g/mol. The van der Waals surface area contributed by atoms with Gasteiger partial charge >= 0.3 is 5.97 Å². The third-order valence-corrected chi connectivity index (χ3v) is 5.42. The molecule has 0 aliphatic carbocycles. The number of aromatic amines is 1. The van der Waals surface area contributed by atoms with Gasteiger partial charge in [-0.2, -0.15) is 0 Å². The van der Waals surface area contributed by atoms with Crippen LogP contribution in [0.25, 0.3) is 16.8 Å². The molecule has 1 aliphatic rings. The maximum Gasteiger partial charge on any atom is 0.335 e. The van der Waals surface area contributed by atoms with E-state index in [0.29, 0.717) is 18.8 Å². The molecular formula is C26H20N2O3. The second-order valence-corrected chi connectivity index (χ2v) is 7.39. The van der Waals surface area contributed by atoms with Crippen molar-refractivity contribution >= 4 is 11.5 Å². The second kappa shape index (κ2) is 7.95. The Kier molecular flexibility index (Phi) is 4.84. The number of nitrogens with one attached hydrogen (secondary N) is 1. The fraction of sp³-hybridized carbons (Fsp3) is 0.0769. The lowest BCUT2D eigenvalue weighted by molar-refractivity contribution is 0.0697. The summed E-state index contributed by atoms with van der Waals surface area (Å²) in [6.45, 7) is 0.436. The number of fused-ring (bicyclic) bond motifs is 2. The molecule has 2 N–H and O–H groups in total. The van der Waals surface area contributed by atoms with Crippen molar-refractivity contribution in [3.8, 4) is 17.0 Å². The zero-order valence-electron chi connectivity index (χ0n) is 16.7. The van der Waals surface area contributed by atoms with Crippen molar-refractivity contribution in [3.05, 3.63) is 113 Å². The number of hydrogen-bond donors (Lipinski definition) is 2.